The van der Waals surface area contributed by atoms with Crippen LogP contribution < -0.4 is 18.9 Å². The number of methoxy groups -OCH3 is 3. The second kappa shape index (κ2) is 6.91. The minimum absolute atomic E-state index is 0.00727. The van der Waals surface area contributed by atoms with E-state index in [4.69, 9.17) is 14.2 Å². The van der Waals surface area contributed by atoms with Crippen molar-refractivity contribution in [3.05, 3.63) is 42.0 Å². The highest BCUT2D eigenvalue weighted by Crippen LogP contribution is 2.40. The zero-order valence-electron chi connectivity index (χ0n) is 13.1. The van der Waals surface area contributed by atoms with Crippen LogP contribution in [0, 0.1) is 11.6 Å². The molecule has 0 bridgehead atoms. The molecule has 2 rings (SSSR count). The summed E-state index contributed by atoms with van der Waals surface area (Å²) in [5, 5.41) is 0. The molecule has 130 valence electrons. The molecular weight excluding hydrogens is 344 g/mol. The molecule has 9 heteroatoms. The maximum absolute atomic E-state index is 13.7. The summed E-state index contributed by atoms with van der Waals surface area (Å²) in [6.07, 6.45) is 0. The van der Waals surface area contributed by atoms with Gasteiger partial charge in [0.1, 0.15) is 11.6 Å². The molecule has 0 aliphatic carbocycles. The summed E-state index contributed by atoms with van der Waals surface area (Å²) in [7, 11) is -0.402. The van der Waals surface area contributed by atoms with Crippen molar-refractivity contribution in [3.63, 3.8) is 0 Å². The lowest BCUT2D eigenvalue weighted by molar-refractivity contribution is 0.324. The number of halogens is 2. The van der Waals surface area contributed by atoms with Gasteiger partial charge in [-0.25, -0.2) is 17.2 Å². The third-order valence-electron chi connectivity index (χ3n) is 3.10. The predicted octanol–water partition coefficient (Wildman–Crippen LogP) is 2.79. The van der Waals surface area contributed by atoms with Crippen molar-refractivity contribution in [2.45, 2.75) is 4.90 Å². The van der Waals surface area contributed by atoms with Crippen LogP contribution in [0.15, 0.2) is 35.2 Å². The van der Waals surface area contributed by atoms with E-state index in [0.717, 1.165) is 18.2 Å². The Morgan fingerprint density at radius 1 is 0.917 bits per heavy atom. The smallest absolute Gasteiger partial charge is 0.267 e. The quantitative estimate of drug-likeness (QED) is 0.859. The molecule has 0 spiro atoms. The van der Waals surface area contributed by atoms with Crippen LogP contribution in [-0.4, -0.2) is 29.7 Å². The molecule has 0 saturated carbocycles. The number of sulfonamides is 1. The van der Waals surface area contributed by atoms with Crippen molar-refractivity contribution < 1.29 is 31.4 Å². The normalized spacial score (nSPS) is 11.0. The fraction of sp³-hybridized carbons (Fsp3) is 0.200. The second-order valence-corrected chi connectivity index (χ2v) is 6.19. The third kappa shape index (κ3) is 3.35. The van der Waals surface area contributed by atoms with Crippen molar-refractivity contribution in [2.75, 3.05) is 26.1 Å². The van der Waals surface area contributed by atoms with Gasteiger partial charge in [-0.05, 0) is 12.1 Å². The summed E-state index contributed by atoms with van der Waals surface area (Å²) in [5.74, 6) is -1.78. The predicted molar refractivity (Wildman–Crippen MR) is 83.3 cm³/mol. The van der Waals surface area contributed by atoms with E-state index in [1.54, 1.807) is 0 Å². The van der Waals surface area contributed by atoms with Crippen molar-refractivity contribution in [3.8, 4) is 17.2 Å². The molecule has 0 heterocycles. The molecule has 0 fully saturated rings. The van der Waals surface area contributed by atoms with E-state index in [1.807, 2.05) is 0 Å². The van der Waals surface area contributed by atoms with Gasteiger partial charge < -0.3 is 14.2 Å². The lowest BCUT2D eigenvalue weighted by Crippen LogP contribution is -2.16. The summed E-state index contributed by atoms with van der Waals surface area (Å²) in [4.78, 5) is -1.07. The van der Waals surface area contributed by atoms with E-state index in [0.29, 0.717) is 0 Å². The van der Waals surface area contributed by atoms with Gasteiger partial charge in [0.05, 0.1) is 27.0 Å². The summed E-state index contributed by atoms with van der Waals surface area (Å²) in [6.45, 7) is 0. The van der Waals surface area contributed by atoms with Crippen LogP contribution in [0.25, 0.3) is 0 Å². The van der Waals surface area contributed by atoms with E-state index in [1.165, 1.54) is 33.5 Å². The van der Waals surface area contributed by atoms with Crippen LogP contribution in [0.4, 0.5) is 14.5 Å². The highest BCUT2D eigenvalue weighted by atomic mass is 32.2. The zero-order valence-corrected chi connectivity index (χ0v) is 13.9. The minimum Gasteiger partial charge on any atom is -0.493 e. The fourth-order valence-electron chi connectivity index (χ4n) is 2.09. The summed E-state index contributed by atoms with van der Waals surface area (Å²) in [5.41, 5.74) is -0.00727. The molecule has 0 aliphatic rings. The van der Waals surface area contributed by atoms with E-state index in [-0.39, 0.29) is 22.9 Å². The summed E-state index contributed by atoms with van der Waals surface area (Å²) < 4.78 is 69.5. The number of hydrogen-bond donors (Lipinski definition) is 1. The van der Waals surface area contributed by atoms with Gasteiger partial charge in [0.25, 0.3) is 10.0 Å². The molecule has 24 heavy (non-hydrogen) atoms. The first-order valence-corrected chi connectivity index (χ1v) is 8.09. The SMILES string of the molecule is COc1cc(NS(=O)(=O)c2c(F)cccc2F)cc(OC)c1OC. The van der Waals surface area contributed by atoms with Crippen molar-refractivity contribution in [1.29, 1.82) is 0 Å². The molecule has 0 unspecified atom stereocenters. The minimum atomic E-state index is -4.50. The van der Waals surface area contributed by atoms with Gasteiger partial charge in [0, 0.05) is 12.1 Å². The Kier molecular flexibility index (Phi) is 5.13. The summed E-state index contributed by atoms with van der Waals surface area (Å²) in [6, 6.07) is 5.39. The molecule has 1 N–H and O–H groups in total. The van der Waals surface area contributed by atoms with Gasteiger partial charge in [0.15, 0.2) is 16.4 Å². The highest BCUT2D eigenvalue weighted by Gasteiger charge is 2.25. The van der Waals surface area contributed by atoms with Crippen molar-refractivity contribution >= 4 is 15.7 Å². The molecular formula is C15H15F2NO5S. The van der Waals surface area contributed by atoms with E-state index >= 15 is 0 Å². The number of anilines is 1. The molecule has 2 aromatic carbocycles. The largest absolute Gasteiger partial charge is 0.493 e. The second-order valence-electron chi connectivity index (χ2n) is 4.57. The van der Waals surface area contributed by atoms with Gasteiger partial charge >= 0.3 is 0 Å². The average Bonchev–Trinajstić information content (AvgIpc) is 2.52. The molecule has 0 radical (unpaired) electrons. The van der Waals surface area contributed by atoms with Crippen LogP contribution in [-0.2, 0) is 10.0 Å². The highest BCUT2D eigenvalue weighted by molar-refractivity contribution is 7.92. The first-order chi connectivity index (χ1) is 11.3. The first-order valence-electron chi connectivity index (χ1n) is 6.61. The van der Waals surface area contributed by atoms with Gasteiger partial charge in [-0.3, -0.25) is 4.72 Å². The maximum atomic E-state index is 13.7. The summed E-state index contributed by atoms with van der Waals surface area (Å²) >= 11 is 0. The first kappa shape index (κ1) is 17.8. The number of benzene rings is 2. The van der Waals surface area contributed by atoms with Gasteiger partial charge in [-0.15, -0.1) is 0 Å². The fourth-order valence-corrected chi connectivity index (χ4v) is 3.27. The van der Waals surface area contributed by atoms with Crippen LogP contribution >= 0.6 is 0 Å². The van der Waals surface area contributed by atoms with Crippen LogP contribution in [0.5, 0.6) is 17.2 Å². The molecule has 0 atom stereocenters. The Bertz CT molecular complexity index is 810. The number of rotatable bonds is 6. The Morgan fingerprint density at radius 3 is 1.83 bits per heavy atom. The molecule has 0 saturated heterocycles. The lowest BCUT2D eigenvalue weighted by Gasteiger charge is -2.15. The van der Waals surface area contributed by atoms with Gasteiger partial charge in [-0.2, -0.15) is 0 Å². The van der Waals surface area contributed by atoms with Crippen LogP contribution in [0.2, 0.25) is 0 Å². The number of ether oxygens (including phenoxy) is 3. The van der Waals surface area contributed by atoms with Crippen molar-refractivity contribution in [1.82, 2.24) is 0 Å². The molecule has 0 amide bonds. The average molecular weight is 359 g/mol. The number of nitrogens with one attached hydrogen (secondary N) is 1. The topological polar surface area (TPSA) is 73.9 Å². The zero-order chi connectivity index (χ0) is 17.9. The van der Waals surface area contributed by atoms with Gasteiger partial charge in [-0.1, -0.05) is 6.07 Å². The van der Waals surface area contributed by atoms with E-state index < -0.39 is 26.6 Å². The molecule has 0 aliphatic heterocycles. The maximum Gasteiger partial charge on any atom is 0.267 e. The number of hydrogen-bond acceptors (Lipinski definition) is 5. The molecule has 2 aromatic rings. The third-order valence-corrected chi connectivity index (χ3v) is 4.54. The Hall–Kier alpha value is -2.55. The van der Waals surface area contributed by atoms with Gasteiger partial charge in [0.2, 0.25) is 5.75 Å². The molecule has 0 aromatic heterocycles. The standard InChI is InChI=1S/C15H15F2NO5S/c1-21-12-7-9(8-13(22-2)14(12)23-3)18-24(19,20)15-10(16)5-4-6-11(15)17/h4-8,18H,1-3H3. The lowest BCUT2D eigenvalue weighted by atomic mass is 10.2. The molecule has 6 nitrogen and oxygen atoms in total. The Labute approximate surface area is 138 Å². The van der Waals surface area contributed by atoms with Crippen molar-refractivity contribution in [2.24, 2.45) is 0 Å². The van der Waals surface area contributed by atoms with Crippen LogP contribution in [0.1, 0.15) is 0 Å². The van der Waals surface area contributed by atoms with Crippen LogP contribution in [0.3, 0.4) is 0 Å². The van der Waals surface area contributed by atoms with E-state index in [2.05, 4.69) is 4.72 Å². The Balaban J connectivity index is 2.51. The monoisotopic (exact) mass is 359 g/mol. The Morgan fingerprint density at radius 2 is 1.42 bits per heavy atom. The van der Waals surface area contributed by atoms with E-state index in [9.17, 15) is 17.2 Å².